The van der Waals surface area contributed by atoms with Gasteiger partial charge in [-0.1, -0.05) is 12.8 Å². The largest absolute Gasteiger partial charge is 0.338 e. The Labute approximate surface area is 165 Å². The lowest BCUT2D eigenvalue weighted by atomic mass is 9.94. The Kier molecular flexibility index (Phi) is 5.32. The third-order valence-corrected chi connectivity index (χ3v) is 7.43. The zero-order chi connectivity index (χ0) is 19.0. The molecule has 0 aromatic carbocycles. The van der Waals surface area contributed by atoms with Gasteiger partial charge in [-0.05, 0) is 19.8 Å². The van der Waals surface area contributed by atoms with Crippen molar-refractivity contribution in [2.45, 2.75) is 57.5 Å². The summed E-state index contributed by atoms with van der Waals surface area (Å²) in [5.74, 6) is 1.17. The molecule has 7 heteroatoms. The van der Waals surface area contributed by atoms with E-state index < -0.39 is 0 Å². The van der Waals surface area contributed by atoms with Gasteiger partial charge in [0.2, 0.25) is 5.91 Å². The van der Waals surface area contributed by atoms with Gasteiger partial charge < -0.3 is 10.2 Å². The van der Waals surface area contributed by atoms with Crippen LogP contribution in [0.5, 0.6) is 0 Å². The molecule has 2 atom stereocenters. The lowest BCUT2D eigenvalue weighted by molar-refractivity contribution is -0.127. The van der Waals surface area contributed by atoms with Crippen molar-refractivity contribution in [3.05, 3.63) is 33.5 Å². The number of hydrogen-bond acceptors (Lipinski definition) is 5. The molecule has 2 aromatic heterocycles. The van der Waals surface area contributed by atoms with Gasteiger partial charge in [0.25, 0.3) is 0 Å². The standard InChI is InChI=1S/C20H29N5OS/c1-13-17(12-23-25(13)3)19-15(8-18(26)24(19)2)9-21-10-16-11-22-20(27-16)14-6-4-5-7-14/h11-12,14-15,19,21H,4-10H2,1-3H3/t15-,19+/m0/s1. The fourth-order valence-corrected chi connectivity index (χ4v) is 5.61. The first-order valence-corrected chi connectivity index (χ1v) is 10.8. The maximum absolute atomic E-state index is 12.3. The molecule has 2 aromatic rings. The van der Waals surface area contributed by atoms with E-state index in [1.807, 2.05) is 47.4 Å². The molecule has 0 spiro atoms. The quantitative estimate of drug-likeness (QED) is 0.827. The molecule has 6 nitrogen and oxygen atoms in total. The second-order valence-corrected chi connectivity index (χ2v) is 9.15. The van der Waals surface area contributed by atoms with Crippen molar-refractivity contribution in [3.8, 4) is 0 Å². The van der Waals surface area contributed by atoms with Crippen molar-refractivity contribution in [2.24, 2.45) is 13.0 Å². The average molecular weight is 388 g/mol. The van der Waals surface area contributed by atoms with Crippen LogP contribution in [-0.2, 0) is 18.4 Å². The molecule has 1 aliphatic heterocycles. The summed E-state index contributed by atoms with van der Waals surface area (Å²) in [7, 11) is 3.87. The summed E-state index contributed by atoms with van der Waals surface area (Å²) in [5.41, 5.74) is 2.30. The van der Waals surface area contributed by atoms with E-state index >= 15 is 0 Å². The molecule has 1 saturated carbocycles. The van der Waals surface area contributed by atoms with Crippen molar-refractivity contribution in [2.75, 3.05) is 13.6 Å². The van der Waals surface area contributed by atoms with Gasteiger partial charge in [-0.2, -0.15) is 5.10 Å². The van der Waals surface area contributed by atoms with E-state index in [1.54, 1.807) is 0 Å². The minimum Gasteiger partial charge on any atom is -0.338 e. The van der Waals surface area contributed by atoms with Crippen LogP contribution in [0.3, 0.4) is 0 Å². The summed E-state index contributed by atoms with van der Waals surface area (Å²) in [6.45, 7) is 3.73. The molecule has 1 amide bonds. The summed E-state index contributed by atoms with van der Waals surface area (Å²) in [5, 5.41) is 9.26. The number of aromatic nitrogens is 3. The van der Waals surface area contributed by atoms with Crippen LogP contribution < -0.4 is 5.32 Å². The summed E-state index contributed by atoms with van der Waals surface area (Å²) in [4.78, 5) is 20.2. The van der Waals surface area contributed by atoms with E-state index in [9.17, 15) is 4.79 Å². The maximum atomic E-state index is 12.3. The maximum Gasteiger partial charge on any atom is 0.223 e. The van der Waals surface area contributed by atoms with Crippen LogP contribution in [0, 0.1) is 12.8 Å². The lowest BCUT2D eigenvalue weighted by Gasteiger charge is -2.25. The van der Waals surface area contributed by atoms with Crippen LogP contribution in [0.2, 0.25) is 0 Å². The molecular formula is C20H29N5OS. The fourth-order valence-electron chi connectivity index (χ4n) is 4.55. The third-order valence-electron chi connectivity index (χ3n) is 6.27. The molecule has 2 fully saturated rings. The van der Waals surface area contributed by atoms with Crippen molar-refractivity contribution >= 4 is 17.2 Å². The molecule has 1 aliphatic carbocycles. The second-order valence-electron chi connectivity index (χ2n) is 8.00. The van der Waals surface area contributed by atoms with Crippen molar-refractivity contribution in [3.63, 3.8) is 0 Å². The normalized spacial score (nSPS) is 23.7. The Hall–Kier alpha value is -1.73. The average Bonchev–Trinajstić information content (AvgIpc) is 3.41. The summed E-state index contributed by atoms with van der Waals surface area (Å²) >= 11 is 1.85. The number of amides is 1. The zero-order valence-corrected chi connectivity index (χ0v) is 17.3. The summed E-state index contributed by atoms with van der Waals surface area (Å²) in [6, 6.07) is 0.106. The van der Waals surface area contributed by atoms with Gasteiger partial charge in [-0.25, -0.2) is 4.98 Å². The number of thiazole rings is 1. The Bertz CT molecular complexity index is 807. The van der Waals surface area contributed by atoms with Gasteiger partial charge in [0, 0.05) is 67.8 Å². The van der Waals surface area contributed by atoms with E-state index in [4.69, 9.17) is 0 Å². The molecule has 146 valence electrons. The molecule has 0 unspecified atom stereocenters. The highest BCUT2D eigenvalue weighted by molar-refractivity contribution is 7.11. The molecular weight excluding hydrogens is 358 g/mol. The Balaban J connectivity index is 1.38. The monoisotopic (exact) mass is 387 g/mol. The Morgan fingerprint density at radius 2 is 2.04 bits per heavy atom. The molecule has 3 heterocycles. The van der Waals surface area contributed by atoms with Crippen LogP contribution in [-0.4, -0.2) is 39.2 Å². The third kappa shape index (κ3) is 3.67. The Morgan fingerprint density at radius 3 is 2.74 bits per heavy atom. The van der Waals surface area contributed by atoms with Gasteiger partial charge in [0.05, 0.1) is 17.2 Å². The number of rotatable bonds is 6. The number of nitrogens with zero attached hydrogens (tertiary/aromatic N) is 4. The minimum absolute atomic E-state index is 0.106. The predicted octanol–water partition coefficient (Wildman–Crippen LogP) is 3.15. The molecule has 4 rings (SSSR count). The highest BCUT2D eigenvalue weighted by Gasteiger charge is 2.39. The number of carbonyl (C=O) groups excluding carboxylic acids is 1. The molecule has 0 bridgehead atoms. The van der Waals surface area contributed by atoms with Crippen LogP contribution in [0.15, 0.2) is 12.4 Å². The van der Waals surface area contributed by atoms with E-state index in [-0.39, 0.29) is 17.9 Å². The van der Waals surface area contributed by atoms with Crippen molar-refractivity contribution < 1.29 is 4.79 Å². The summed E-state index contributed by atoms with van der Waals surface area (Å²) < 4.78 is 1.89. The smallest absolute Gasteiger partial charge is 0.223 e. The van der Waals surface area contributed by atoms with Gasteiger partial charge >= 0.3 is 0 Å². The first-order valence-electron chi connectivity index (χ1n) is 9.94. The summed E-state index contributed by atoms with van der Waals surface area (Å²) in [6.07, 6.45) is 9.82. The van der Waals surface area contributed by atoms with E-state index in [0.717, 1.165) is 18.8 Å². The van der Waals surface area contributed by atoms with E-state index in [2.05, 4.69) is 22.3 Å². The first kappa shape index (κ1) is 18.6. The molecule has 27 heavy (non-hydrogen) atoms. The fraction of sp³-hybridized carbons (Fsp3) is 0.650. The first-order chi connectivity index (χ1) is 13.0. The second kappa shape index (κ2) is 7.72. The molecule has 0 radical (unpaired) electrons. The number of carbonyl (C=O) groups is 1. The highest BCUT2D eigenvalue weighted by Crippen LogP contribution is 2.38. The molecule has 1 N–H and O–H groups in total. The van der Waals surface area contributed by atoms with Gasteiger partial charge in [-0.15, -0.1) is 11.3 Å². The molecule has 1 saturated heterocycles. The van der Waals surface area contributed by atoms with Gasteiger partial charge in [0.15, 0.2) is 0 Å². The van der Waals surface area contributed by atoms with Crippen LogP contribution >= 0.6 is 11.3 Å². The topological polar surface area (TPSA) is 63.1 Å². The minimum atomic E-state index is 0.106. The van der Waals surface area contributed by atoms with Crippen molar-refractivity contribution in [1.29, 1.82) is 0 Å². The van der Waals surface area contributed by atoms with Crippen LogP contribution in [0.4, 0.5) is 0 Å². The number of hydrogen-bond donors (Lipinski definition) is 1. The lowest BCUT2D eigenvalue weighted by Crippen LogP contribution is -2.29. The number of aryl methyl sites for hydroxylation is 1. The van der Waals surface area contributed by atoms with Gasteiger partial charge in [-0.3, -0.25) is 9.48 Å². The Morgan fingerprint density at radius 1 is 1.26 bits per heavy atom. The highest BCUT2D eigenvalue weighted by atomic mass is 32.1. The van der Waals surface area contributed by atoms with Crippen LogP contribution in [0.25, 0.3) is 0 Å². The number of likely N-dealkylation sites (tertiary alicyclic amines) is 1. The number of nitrogens with one attached hydrogen (secondary N) is 1. The predicted molar refractivity (Wildman–Crippen MR) is 107 cm³/mol. The van der Waals surface area contributed by atoms with Crippen molar-refractivity contribution in [1.82, 2.24) is 25.0 Å². The zero-order valence-electron chi connectivity index (χ0n) is 16.4. The SMILES string of the molecule is Cc1c([C@H]2[C@H](CNCc3cnc(C4CCCC4)s3)CC(=O)N2C)cnn1C. The van der Waals surface area contributed by atoms with E-state index in [1.165, 1.54) is 41.1 Å². The van der Waals surface area contributed by atoms with Crippen LogP contribution in [0.1, 0.15) is 65.2 Å². The van der Waals surface area contributed by atoms with E-state index in [0.29, 0.717) is 12.3 Å². The molecule has 2 aliphatic rings. The van der Waals surface area contributed by atoms with Gasteiger partial charge in [0.1, 0.15) is 0 Å².